The van der Waals surface area contributed by atoms with Crippen molar-refractivity contribution in [2.24, 2.45) is 11.8 Å². The summed E-state index contributed by atoms with van der Waals surface area (Å²) in [5, 5.41) is 3.53. The van der Waals surface area contributed by atoms with Crippen molar-refractivity contribution in [3.05, 3.63) is 29.3 Å². The maximum absolute atomic E-state index is 12.1. The summed E-state index contributed by atoms with van der Waals surface area (Å²) < 4.78 is 0. The van der Waals surface area contributed by atoms with Crippen LogP contribution >= 0.6 is 11.6 Å². The second-order valence-corrected chi connectivity index (χ2v) is 5.73. The number of benzene rings is 1. The van der Waals surface area contributed by atoms with Crippen LogP contribution in [0.5, 0.6) is 0 Å². The fraction of sp³-hybridized carbons (Fsp3) is 0.500. The van der Waals surface area contributed by atoms with Crippen molar-refractivity contribution in [2.75, 3.05) is 18.4 Å². The molecular formula is C14H19ClN2O. The highest BCUT2D eigenvalue weighted by atomic mass is 35.5. The highest BCUT2D eigenvalue weighted by Gasteiger charge is 2.25. The van der Waals surface area contributed by atoms with Gasteiger partial charge in [0.25, 0.3) is 0 Å². The lowest BCUT2D eigenvalue weighted by Gasteiger charge is -2.34. The first-order valence-electron chi connectivity index (χ1n) is 6.36. The molecule has 0 unspecified atom stereocenters. The second-order valence-electron chi connectivity index (χ2n) is 5.29. The minimum Gasteiger partial charge on any atom is -0.324 e. The molecule has 0 aromatic heterocycles. The summed E-state index contributed by atoms with van der Waals surface area (Å²) in [7, 11) is 0. The molecule has 1 aliphatic rings. The Hall–Kier alpha value is -1.22. The van der Waals surface area contributed by atoms with Gasteiger partial charge in [-0.25, -0.2) is 4.79 Å². The number of nitrogens with zero attached hydrogens (tertiary/aromatic N) is 1. The number of likely N-dealkylation sites (tertiary alicyclic amines) is 1. The summed E-state index contributed by atoms with van der Waals surface area (Å²) in [6, 6.07) is 7.20. The van der Waals surface area contributed by atoms with Gasteiger partial charge in [0.2, 0.25) is 0 Å². The largest absolute Gasteiger partial charge is 0.324 e. The van der Waals surface area contributed by atoms with Gasteiger partial charge < -0.3 is 10.2 Å². The Balaban J connectivity index is 1.99. The van der Waals surface area contributed by atoms with Gasteiger partial charge in [-0.2, -0.15) is 0 Å². The van der Waals surface area contributed by atoms with Gasteiger partial charge in [0, 0.05) is 23.8 Å². The molecular weight excluding hydrogens is 248 g/mol. The fourth-order valence-electron chi connectivity index (χ4n) is 2.60. The first-order chi connectivity index (χ1) is 8.54. The molecule has 1 aromatic carbocycles. The van der Waals surface area contributed by atoms with Crippen LogP contribution in [0.25, 0.3) is 0 Å². The summed E-state index contributed by atoms with van der Waals surface area (Å²) in [6.45, 7) is 6.04. The van der Waals surface area contributed by atoms with Crippen molar-refractivity contribution in [2.45, 2.75) is 20.3 Å². The van der Waals surface area contributed by atoms with E-state index in [2.05, 4.69) is 19.2 Å². The lowest BCUT2D eigenvalue weighted by atomic mass is 9.92. The van der Waals surface area contributed by atoms with Crippen LogP contribution in [0.2, 0.25) is 5.02 Å². The van der Waals surface area contributed by atoms with Crippen molar-refractivity contribution in [3.63, 3.8) is 0 Å². The zero-order chi connectivity index (χ0) is 13.1. The number of anilines is 1. The summed E-state index contributed by atoms with van der Waals surface area (Å²) in [6.07, 6.45) is 1.20. The third-order valence-electron chi connectivity index (χ3n) is 3.23. The molecule has 3 nitrogen and oxygen atoms in total. The van der Waals surface area contributed by atoms with E-state index in [1.165, 1.54) is 6.42 Å². The molecule has 0 radical (unpaired) electrons. The molecule has 1 aromatic rings. The van der Waals surface area contributed by atoms with Crippen LogP contribution in [-0.2, 0) is 0 Å². The Labute approximate surface area is 113 Å². The number of urea groups is 1. The molecule has 0 bridgehead atoms. The van der Waals surface area contributed by atoms with E-state index in [9.17, 15) is 4.79 Å². The van der Waals surface area contributed by atoms with E-state index in [0.717, 1.165) is 18.8 Å². The molecule has 2 rings (SSSR count). The highest BCUT2D eigenvalue weighted by Crippen LogP contribution is 2.22. The van der Waals surface area contributed by atoms with Gasteiger partial charge >= 0.3 is 6.03 Å². The Morgan fingerprint density at radius 2 is 2.00 bits per heavy atom. The average molecular weight is 267 g/mol. The summed E-state index contributed by atoms with van der Waals surface area (Å²) in [5.74, 6) is 1.14. The molecule has 2 amide bonds. The van der Waals surface area contributed by atoms with Gasteiger partial charge in [-0.05, 0) is 36.5 Å². The lowest BCUT2D eigenvalue weighted by molar-refractivity contribution is 0.156. The molecule has 0 spiro atoms. The van der Waals surface area contributed by atoms with Crippen molar-refractivity contribution < 1.29 is 4.79 Å². The molecule has 0 aliphatic carbocycles. The molecule has 1 aliphatic heterocycles. The maximum atomic E-state index is 12.1. The lowest BCUT2D eigenvalue weighted by Crippen LogP contribution is -2.44. The van der Waals surface area contributed by atoms with E-state index >= 15 is 0 Å². The van der Waals surface area contributed by atoms with Crippen LogP contribution < -0.4 is 5.32 Å². The topological polar surface area (TPSA) is 32.3 Å². The van der Waals surface area contributed by atoms with Crippen LogP contribution in [0.3, 0.4) is 0 Å². The summed E-state index contributed by atoms with van der Waals surface area (Å²) in [4.78, 5) is 14.0. The predicted molar refractivity (Wildman–Crippen MR) is 75.0 cm³/mol. The first kappa shape index (κ1) is 13.2. The van der Waals surface area contributed by atoms with Crippen molar-refractivity contribution in [1.82, 2.24) is 4.90 Å². The standard InChI is InChI=1S/C14H19ClN2O/c1-10-6-11(2)9-17(8-10)14(18)16-13-5-3-4-12(15)7-13/h3-5,7,10-11H,6,8-9H2,1-2H3,(H,16,18)/t10-,11-/m1/s1. The molecule has 1 heterocycles. The molecule has 1 N–H and O–H groups in total. The van der Waals surface area contributed by atoms with Gasteiger partial charge in [-0.3, -0.25) is 0 Å². The van der Waals surface area contributed by atoms with E-state index in [1.54, 1.807) is 12.1 Å². The zero-order valence-electron chi connectivity index (χ0n) is 10.8. The van der Waals surface area contributed by atoms with Crippen LogP contribution in [0, 0.1) is 11.8 Å². The number of rotatable bonds is 1. The Morgan fingerprint density at radius 1 is 1.33 bits per heavy atom. The first-order valence-corrected chi connectivity index (χ1v) is 6.74. The van der Waals surface area contributed by atoms with Gasteiger partial charge in [0.1, 0.15) is 0 Å². The smallest absolute Gasteiger partial charge is 0.321 e. The van der Waals surface area contributed by atoms with Crippen LogP contribution in [0.1, 0.15) is 20.3 Å². The van der Waals surface area contributed by atoms with Crippen molar-refractivity contribution >= 4 is 23.3 Å². The molecule has 1 fully saturated rings. The van der Waals surface area contributed by atoms with Gasteiger partial charge in [0.15, 0.2) is 0 Å². The van der Waals surface area contributed by atoms with Crippen LogP contribution in [0.15, 0.2) is 24.3 Å². The normalized spacial score (nSPS) is 23.8. The average Bonchev–Trinajstić information content (AvgIpc) is 2.27. The number of carbonyl (C=O) groups is 1. The quantitative estimate of drug-likeness (QED) is 0.823. The number of carbonyl (C=O) groups excluding carboxylic acids is 1. The molecule has 2 atom stereocenters. The molecule has 18 heavy (non-hydrogen) atoms. The molecule has 0 saturated carbocycles. The van der Waals surface area contributed by atoms with E-state index in [1.807, 2.05) is 17.0 Å². The summed E-state index contributed by atoms with van der Waals surface area (Å²) >= 11 is 5.90. The van der Waals surface area contributed by atoms with Crippen molar-refractivity contribution in [3.8, 4) is 0 Å². The minimum absolute atomic E-state index is 0.0318. The Morgan fingerprint density at radius 3 is 2.61 bits per heavy atom. The monoisotopic (exact) mass is 266 g/mol. The zero-order valence-corrected chi connectivity index (χ0v) is 11.6. The number of nitrogens with one attached hydrogen (secondary N) is 1. The summed E-state index contributed by atoms with van der Waals surface area (Å²) in [5.41, 5.74) is 0.748. The van der Waals surface area contributed by atoms with E-state index in [4.69, 9.17) is 11.6 Å². The van der Waals surface area contributed by atoms with Gasteiger partial charge in [-0.15, -0.1) is 0 Å². The van der Waals surface area contributed by atoms with E-state index in [-0.39, 0.29) is 6.03 Å². The highest BCUT2D eigenvalue weighted by molar-refractivity contribution is 6.30. The second kappa shape index (κ2) is 5.61. The third-order valence-corrected chi connectivity index (χ3v) is 3.47. The number of amides is 2. The molecule has 4 heteroatoms. The Kier molecular flexibility index (Phi) is 4.12. The van der Waals surface area contributed by atoms with E-state index < -0.39 is 0 Å². The van der Waals surface area contributed by atoms with Crippen LogP contribution in [-0.4, -0.2) is 24.0 Å². The number of piperidine rings is 1. The maximum Gasteiger partial charge on any atom is 0.321 e. The number of halogens is 1. The van der Waals surface area contributed by atoms with Gasteiger partial charge in [-0.1, -0.05) is 31.5 Å². The number of hydrogen-bond acceptors (Lipinski definition) is 1. The SMILES string of the molecule is C[C@@H]1C[C@@H](C)CN(C(=O)Nc2cccc(Cl)c2)C1. The Bertz CT molecular complexity index is 426. The third kappa shape index (κ3) is 3.39. The molecule has 1 saturated heterocycles. The molecule has 98 valence electrons. The van der Waals surface area contributed by atoms with Crippen molar-refractivity contribution in [1.29, 1.82) is 0 Å². The van der Waals surface area contributed by atoms with E-state index in [0.29, 0.717) is 16.9 Å². The predicted octanol–water partition coefficient (Wildman–Crippen LogP) is 3.85. The fourth-order valence-corrected chi connectivity index (χ4v) is 2.79. The van der Waals surface area contributed by atoms with Crippen LogP contribution in [0.4, 0.5) is 10.5 Å². The number of hydrogen-bond donors (Lipinski definition) is 1. The minimum atomic E-state index is -0.0318. The van der Waals surface area contributed by atoms with Gasteiger partial charge in [0.05, 0.1) is 0 Å².